The molecule has 0 fully saturated rings. The highest BCUT2D eigenvalue weighted by Crippen LogP contribution is 2.37. The monoisotopic (exact) mass is 403 g/mol. The maximum atomic E-state index is 9.45. The van der Waals surface area contributed by atoms with Crippen molar-refractivity contribution >= 4 is 39.2 Å². The molecule has 2 rings (SSSR count). The normalized spacial score (nSPS) is 10.8. The molecule has 0 bridgehead atoms. The first kappa shape index (κ1) is 18.1. The van der Waals surface area contributed by atoms with Crippen LogP contribution in [0.5, 0.6) is 11.5 Å². The van der Waals surface area contributed by atoms with Crippen LogP contribution in [-0.2, 0) is 0 Å². The van der Waals surface area contributed by atoms with Crippen molar-refractivity contribution < 1.29 is 9.47 Å². The zero-order valence-electron chi connectivity index (χ0n) is 13.1. The molecule has 0 radical (unpaired) electrons. The number of hydrogen-bond acceptors (Lipinski definition) is 3. The lowest BCUT2D eigenvalue weighted by Gasteiger charge is -2.12. The van der Waals surface area contributed by atoms with Crippen molar-refractivity contribution in [3.63, 3.8) is 0 Å². The minimum Gasteiger partial charge on any atom is -0.493 e. The number of rotatable bonds is 6. The van der Waals surface area contributed by atoms with E-state index >= 15 is 0 Å². The van der Waals surface area contributed by atoms with Gasteiger partial charge in [-0.15, -0.1) is 0 Å². The SMILES string of the molecule is C=CCOc1c(Br)cc(C=C(C#N)c2ccc(Cl)cc2)cc1OC. The van der Waals surface area contributed by atoms with E-state index in [0.29, 0.717) is 28.7 Å². The molecule has 0 unspecified atom stereocenters. The van der Waals surface area contributed by atoms with Gasteiger partial charge in [0.05, 0.1) is 23.2 Å². The van der Waals surface area contributed by atoms with Crippen molar-refractivity contribution in [2.75, 3.05) is 13.7 Å². The van der Waals surface area contributed by atoms with Crippen LogP contribution in [0, 0.1) is 11.3 Å². The number of halogens is 2. The van der Waals surface area contributed by atoms with Gasteiger partial charge in [-0.2, -0.15) is 5.26 Å². The molecule has 24 heavy (non-hydrogen) atoms. The molecule has 2 aromatic rings. The third-order valence-corrected chi connectivity index (χ3v) is 4.02. The van der Waals surface area contributed by atoms with Gasteiger partial charge < -0.3 is 9.47 Å². The Morgan fingerprint density at radius 1 is 1.33 bits per heavy atom. The number of nitrogens with zero attached hydrogens (tertiary/aromatic N) is 1. The summed E-state index contributed by atoms with van der Waals surface area (Å²) in [5, 5.41) is 10.1. The Morgan fingerprint density at radius 2 is 2.04 bits per heavy atom. The third kappa shape index (κ3) is 4.41. The Bertz CT molecular complexity index is 807. The first-order valence-electron chi connectivity index (χ1n) is 7.08. The van der Waals surface area contributed by atoms with Crippen molar-refractivity contribution in [1.29, 1.82) is 5.26 Å². The summed E-state index contributed by atoms with van der Waals surface area (Å²) < 4.78 is 11.7. The molecule has 0 N–H and O–H groups in total. The molecule has 5 heteroatoms. The van der Waals surface area contributed by atoms with Crippen molar-refractivity contribution in [2.24, 2.45) is 0 Å². The summed E-state index contributed by atoms with van der Waals surface area (Å²) in [6, 6.07) is 13.0. The molecule has 0 spiro atoms. The summed E-state index contributed by atoms with van der Waals surface area (Å²) in [4.78, 5) is 0. The van der Waals surface area contributed by atoms with Gasteiger partial charge in [0.15, 0.2) is 11.5 Å². The van der Waals surface area contributed by atoms with Crippen LogP contribution in [0.25, 0.3) is 11.6 Å². The van der Waals surface area contributed by atoms with E-state index < -0.39 is 0 Å². The molecule has 0 aliphatic heterocycles. The molecular weight excluding hydrogens is 390 g/mol. The van der Waals surface area contributed by atoms with E-state index in [1.54, 1.807) is 31.4 Å². The van der Waals surface area contributed by atoms with Gasteiger partial charge in [0, 0.05) is 5.02 Å². The second-order valence-electron chi connectivity index (χ2n) is 4.81. The predicted molar refractivity (Wildman–Crippen MR) is 101 cm³/mol. The van der Waals surface area contributed by atoms with Crippen LogP contribution in [0.2, 0.25) is 5.02 Å². The van der Waals surface area contributed by atoms with Gasteiger partial charge >= 0.3 is 0 Å². The number of nitriles is 1. The second kappa shape index (κ2) is 8.58. The van der Waals surface area contributed by atoms with Crippen molar-refractivity contribution in [2.45, 2.75) is 0 Å². The van der Waals surface area contributed by atoms with E-state index in [4.69, 9.17) is 21.1 Å². The van der Waals surface area contributed by atoms with Crippen LogP contribution >= 0.6 is 27.5 Å². The smallest absolute Gasteiger partial charge is 0.175 e. The van der Waals surface area contributed by atoms with Crippen molar-refractivity contribution in [3.8, 4) is 17.6 Å². The fourth-order valence-corrected chi connectivity index (χ4v) is 2.78. The number of hydrogen-bond donors (Lipinski definition) is 0. The standard InChI is InChI=1S/C19H15BrClNO2/c1-3-8-24-19-17(20)10-13(11-18(19)23-2)9-15(12-22)14-4-6-16(21)7-5-14/h3-7,9-11H,1,8H2,2H3. The molecule has 0 aliphatic carbocycles. The van der Waals surface area contributed by atoms with Crippen molar-refractivity contribution in [3.05, 3.63) is 69.7 Å². The topological polar surface area (TPSA) is 42.2 Å². The zero-order chi connectivity index (χ0) is 17.5. The number of benzene rings is 2. The van der Waals surface area contributed by atoms with Gasteiger partial charge in [-0.3, -0.25) is 0 Å². The summed E-state index contributed by atoms with van der Waals surface area (Å²) in [5.74, 6) is 1.17. The predicted octanol–water partition coefficient (Wildman–Crippen LogP) is 5.74. The number of methoxy groups -OCH3 is 1. The van der Waals surface area contributed by atoms with Crippen LogP contribution in [-0.4, -0.2) is 13.7 Å². The quantitative estimate of drug-likeness (QED) is 0.350. The highest BCUT2D eigenvalue weighted by Gasteiger charge is 2.11. The zero-order valence-corrected chi connectivity index (χ0v) is 15.4. The molecule has 0 heterocycles. The second-order valence-corrected chi connectivity index (χ2v) is 6.10. The van der Waals surface area contributed by atoms with E-state index in [9.17, 15) is 5.26 Å². The van der Waals surface area contributed by atoms with Gasteiger partial charge in [-0.1, -0.05) is 36.4 Å². The van der Waals surface area contributed by atoms with Crippen molar-refractivity contribution in [1.82, 2.24) is 0 Å². The fraction of sp³-hybridized carbons (Fsp3) is 0.105. The molecule has 0 aliphatic rings. The van der Waals surface area contributed by atoms with Gasteiger partial charge in [0.25, 0.3) is 0 Å². The summed E-state index contributed by atoms with van der Waals surface area (Å²) in [7, 11) is 1.57. The molecule has 3 nitrogen and oxygen atoms in total. The van der Waals surface area contributed by atoms with E-state index in [0.717, 1.165) is 15.6 Å². The summed E-state index contributed by atoms with van der Waals surface area (Å²) in [6.45, 7) is 4.01. The van der Waals surface area contributed by atoms with Crippen LogP contribution in [0.4, 0.5) is 0 Å². The Hall–Kier alpha value is -2.22. The third-order valence-electron chi connectivity index (χ3n) is 3.18. The molecule has 2 aromatic carbocycles. The number of allylic oxidation sites excluding steroid dienone is 1. The Morgan fingerprint density at radius 3 is 2.62 bits per heavy atom. The highest BCUT2D eigenvalue weighted by atomic mass is 79.9. The average Bonchev–Trinajstić information content (AvgIpc) is 2.59. The summed E-state index contributed by atoms with van der Waals surface area (Å²) in [6.07, 6.45) is 3.45. The van der Waals surface area contributed by atoms with Crippen LogP contribution < -0.4 is 9.47 Å². The molecule has 0 amide bonds. The first-order valence-corrected chi connectivity index (χ1v) is 8.25. The van der Waals surface area contributed by atoms with Gasteiger partial charge in [-0.25, -0.2) is 0 Å². The molecule has 0 saturated heterocycles. The van der Waals surface area contributed by atoms with Gasteiger partial charge in [0.2, 0.25) is 0 Å². The van der Waals surface area contributed by atoms with Gasteiger partial charge in [0.1, 0.15) is 6.61 Å². The Labute approximate surface area is 154 Å². The maximum Gasteiger partial charge on any atom is 0.175 e. The lowest BCUT2D eigenvalue weighted by Crippen LogP contribution is -1.97. The van der Waals surface area contributed by atoms with E-state index in [-0.39, 0.29) is 0 Å². The largest absolute Gasteiger partial charge is 0.493 e. The minimum atomic E-state index is 0.373. The van der Waals surface area contributed by atoms with E-state index in [1.165, 1.54) is 0 Å². The van der Waals surface area contributed by atoms with Crippen LogP contribution in [0.3, 0.4) is 0 Å². The molecule has 122 valence electrons. The Kier molecular flexibility index (Phi) is 6.48. The lowest BCUT2D eigenvalue weighted by molar-refractivity contribution is 0.324. The molecule has 0 aromatic heterocycles. The number of ether oxygens (including phenoxy) is 2. The molecular formula is C19H15BrClNO2. The summed E-state index contributed by atoms with van der Waals surface area (Å²) >= 11 is 9.37. The maximum absolute atomic E-state index is 9.45. The van der Waals surface area contributed by atoms with Gasteiger partial charge in [-0.05, 0) is 57.4 Å². The van der Waals surface area contributed by atoms with E-state index in [1.807, 2.05) is 24.3 Å². The molecule has 0 saturated carbocycles. The van der Waals surface area contributed by atoms with Crippen LogP contribution in [0.15, 0.2) is 53.5 Å². The molecule has 0 atom stereocenters. The van der Waals surface area contributed by atoms with Crippen LogP contribution in [0.1, 0.15) is 11.1 Å². The van der Waals surface area contributed by atoms with E-state index in [2.05, 4.69) is 28.6 Å². The summed E-state index contributed by atoms with van der Waals surface area (Å²) in [5.41, 5.74) is 2.14. The highest BCUT2D eigenvalue weighted by molar-refractivity contribution is 9.10. The average molecular weight is 405 g/mol. The minimum absolute atomic E-state index is 0.373. The Balaban J connectivity index is 2.43. The first-order chi connectivity index (χ1) is 11.6. The fourth-order valence-electron chi connectivity index (χ4n) is 2.08. The lowest BCUT2D eigenvalue weighted by atomic mass is 10.0.